The van der Waals surface area contributed by atoms with Crippen molar-refractivity contribution in [3.63, 3.8) is 0 Å². The summed E-state index contributed by atoms with van der Waals surface area (Å²) in [7, 11) is 4.00. The van der Waals surface area contributed by atoms with Crippen LogP contribution in [0.3, 0.4) is 0 Å². The Balaban J connectivity index is 0.000000227. The van der Waals surface area contributed by atoms with E-state index >= 15 is 0 Å². The number of hydrogen-bond acceptors (Lipinski definition) is 4. The van der Waals surface area contributed by atoms with Gasteiger partial charge in [-0.1, -0.05) is 0 Å². The van der Waals surface area contributed by atoms with Gasteiger partial charge in [0, 0.05) is 29.0 Å². The molecule has 0 atom stereocenters. The summed E-state index contributed by atoms with van der Waals surface area (Å²) in [6.07, 6.45) is 7.87. The van der Waals surface area contributed by atoms with Crippen LogP contribution in [0.5, 0.6) is 0 Å². The van der Waals surface area contributed by atoms with Crippen molar-refractivity contribution in [3.05, 3.63) is 31.2 Å². The summed E-state index contributed by atoms with van der Waals surface area (Å²) >= 11 is 0. The molecule has 5 heteroatoms. The summed E-state index contributed by atoms with van der Waals surface area (Å²) < 4.78 is 4.35. The van der Waals surface area contributed by atoms with Crippen molar-refractivity contribution in [2.24, 2.45) is 0 Å². The van der Waals surface area contributed by atoms with Gasteiger partial charge in [0.25, 0.3) is 0 Å². The molecule has 2 aliphatic heterocycles. The molecule has 0 unspecified atom stereocenters. The number of carbonyl (C=O) groups excluding carboxylic acids is 1. The molecule has 1 radical (unpaired) electrons. The molecule has 0 aliphatic carbocycles. The van der Waals surface area contributed by atoms with Gasteiger partial charge in [-0.2, -0.15) is 12.7 Å². The van der Waals surface area contributed by atoms with Crippen molar-refractivity contribution in [3.8, 4) is 0 Å². The van der Waals surface area contributed by atoms with Crippen molar-refractivity contribution < 1.29 is 31.9 Å². The van der Waals surface area contributed by atoms with E-state index in [1.165, 1.54) is 6.08 Å². The third-order valence-corrected chi connectivity index (χ3v) is 1.42. The van der Waals surface area contributed by atoms with E-state index < -0.39 is 0 Å². The monoisotopic (exact) mass is 377 g/mol. The summed E-state index contributed by atoms with van der Waals surface area (Å²) in [5, 5.41) is 0. The Bertz CT molecular complexity index is 231. The largest absolute Gasteiger partial charge is 0.561 e. The predicted molar refractivity (Wildman–Crippen MR) is 47.7 cm³/mol. The standard InChI is InChI=1S/C5H9N2.C4H3O2.Au/c1-6-3-4-7(2)5-6;5-4-2-1-3-6-4;/h3-5H,1-2H3;2H,3H2;/q2*-1;. The van der Waals surface area contributed by atoms with E-state index in [-0.39, 0.29) is 28.3 Å². The van der Waals surface area contributed by atoms with Crippen molar-refractivity contribution in [2.45, 2.75) is 0 Å². The van der Waals surface area contributed by atoms with E-state index in [2.05, 4.69) is 10.8 Å². The van der Waals surface area contributed by atoms with Crippen LogP contribution in [0.15, 0.2) is 18.5 Å². The Kier molecular flexibility index (Phi) is 6.36. The fourth-order valence-corrected chi connectivity index (χ4v) is 0.854. The second-order valence-corrected chi connectivity index (χ2v) is 2.70. The van der Waals surface area contributed by atoms with Crippen LogP contribution in [0.1, 0.15) is 0 Å². The van der Waals surface area contributed by atoms with Gasteiger partial charge in [-0.15, -0.1) is 0 Å². The zero-order valence-corrected chi connectivity index (χ0v) is 10.2. The minimum absolute atomic E-state index is 0. The Morgan fingerprint density at radius 2 is 2.00 bits per heavy atom. The third-order valence-electron chi connectivity index (χ3n) is 1.42. The van der Waals surface area contributed by atoms with E-state index in [1.807, 2.05) is 43.0 Å². The second kappa shape index (κ2) is 6.70. The molecule has 0 N–H and O–H groups in total. The molecular weight excluding hydrogens is 365 g/mol. The van der Waals surface area contributed by atoms with Gasteiger partial charge >= 0.3 is 0 Å². The van der Waals surface area contributed by atoms with Crippen LogP contribution < -0.4 is 0 Å². The molecule has 0 amide bonds. The fraction of sp³-hybridized carbons (Fsp3) is 0.333. The van der Waals surface area contributed by atoms with Gasteiger partial charge in [-0.3, -0.25) is 0 Å². The number of carbonyl (C=O) groups is 1. The van der Waals surface area contributed by atoms with Gasteiger partial charge in [-0.05, 0) is 26.5 Å². The first-order chi connectivity index (χ1) is 6.18. The number of rotatable bonds is 0. The molecule has 2 rings (SSSR count). The molecule has 0 saturated heterocycles. The van der Waals surface area contributed by atoms with E-state index in [1.54, 1.807) is 0 Å². The van der Waals surface area contributed by atoms with Crippen LogP contribution in [0, 0.1) is 12.7 Å². The zero-order valence-electron chi connectivity index (χ0n) is 8.03. The number of esters is 1. The average molecular weight is 377 g/mol. The van der Waals surface area contributed by atoms with Crippen molar-refractivity contribution >= 4 is 5.97 Å². The Morgan fingerprint density at radius 1 is 1.43 bits per heavy atom. The Hall–Kier alpha value is -0.710. The van der Waals surface area contributed by atoms with E-state index in [0.29, 0.717) is 6.61 Å². The molecule has 0 aromatic rings. The normalized spacial score (nSPS) is 17.4. The molecule has 0 aromatic heterocycles. The maximum absolute atomic E-state index is 9.90. The van der Waals surface area contributed by atoms with Crippen molar-refractivity contribution in [1.29, 1.82) is 0 Å². The first kappa shape index (κ1) is 13.3. The van der Waals surface area contributed by atoms with E-state index in [9.17, 15) is 4.79 Å². The Morgan fingerprint density at radius 3 is 2.14 bits per heavy atom. The van der Waals surface area contributed by atoms with Gasteiger partial charge in [0.2, 0.25) is 0 Å². The van der Waals surface area contributed by atoms with Gasteiger partial charge in [0.05, 0.1) is 0 Å². The second-order valence-electron chi connectivity index (χ2n) is 2.70. The van der Waals surface area contributed by atoms with Crippen LogP contribution in [-0.4, -0.2) is 36.5 Å². The molecule has 0 bridgehead atoms. The molecule has 2 aliphatic rings. The van der Waals surface area contributed by atoms with Crippen LogP contribution in [0.25, 0.3) is 0 Å². The van der Waals surface area contributed by atoms with Crippen molar-refractivity contribution in [2.75, 3.05) is 20.7 Å². The van der Waals surface area contributed by atoms with E-state index in [4.69, 9.17) is 0 Å². The van der Waals surface area contributed by atoms with Crippen LogP contribution in [0.4, 0.5) is 0 Å². The zero-order chi connectivity index (χ0) is 9.68. The molecule has 4 nitrogen and oxygen atoms in total. The number of ether oxygens (including phenoxy) is 1. The molecule has 83 valence electrons. The maximum atomic E-state index is 9.90. The average Bonchev–Trinajstić information content (AvgIpc) is 2.64. The summed E-state index contributed by atoms with van der Waals surface area (Å²) in [6, 6.07) is 0. The number of cyclic esters (lactones) is 1. The molecule has 0 aromatic carbocycles. The van der Waals surface area contributed by atoms with Gasteiger partial charge in [0.15, 0.2) is 5.97 Å². The molecule has 2 heterocycles. The quantitative estimate of drug-likeness (QED) is 0.347. The minimum Gasteiger partial charge on any atom is -0.561 e. The number of hydrogen-bond donors (Lipinski definition) is 0. The van der Waals surface area contributed by atoms with E-state index in [0.717, 1.165) is 0 Å². The maximum Gasteiger partial charge on any atom is 0.166 e. The minimum atomic E-state index is -0.282. The Labute approximate surface area is 99.7 Å². The summed E-state index contributed by atoms with van der Waals surface area (Å²) in [5.74, 6) is -0.282. The topological polar surface area (TPSA) is 32.8 Å². The third kappa shape index (κ3) is 5.11. The summed E-state index contributed by atoms with van der Waals surface area (Å²) in [6.45, 7) is 2.33. The van der Waals surface area contributed by atoms with Crippen LogP contribution >= 0.6 is 0 Å². The van der Waals surface area contributed by atoms with Crippen LogP contribution in [-0.2, 0) is 31.9 Å². The first-order valence-electron chi connectivity index (χ1n) is 3.89. The van der Waals surface area contributed by atoms with Crippen LogP contribution in [0.2, 0.25) is 0 Å². The molecular formula is C9H12AuN2O2-2. The molecule has 0 spiro atoms. The fourth-order valence-electron chi connectivity index (χ4n) is 0.854. The first-order valence-corrected chi connectivity index (χ1v) is 3.89. The smallest absolute Gasteiger partial charge is 0.166 e. The van der Waals surface area contributed by atoms with Gasteiger partial charge < -0.3 is 19.3 Å². The predicted octanol–water partition coefficient (Wildman–Crippen LogP) is 0.354. The SMILES string of the molecule is CN1C=CN(C)[CH-]1.O=C1C=[C-]CO1.[Au]. The number of nitrogens with zero attached hydrogens (tertiary/aromatic N) is 2. The van der Waals surface area contributed by atoms with Crippen molar-refractivity contribution in [1.82, 2.24) is 9.80 Å². The molecule has 0 fully saturated rings. The molecule has 14 heavy (non-hydrogen) atoms. The molecule has 0 saturated carbocycles. The summed E-state index contributed by atoms with van der Waals surface area (Å²) in [4.78, 5) is 13.9. The van der Waals surface area contributed by atoms with Gasteiger partial charge in [0.1, 0.15) is 0 Å². The van der Waals surface area contributed by atoms with Gasteiger partial charge in [-0.25, -0.2) is 6.08 Å². The summed E-state index contributed by atoms with van der Waals surface area (Å²) in [5.41, 5.74) is 0.